The number of carbonyl (C=O) groups excluding carboxylic acids is 1. The zero-order valence-electron chi connectivity index (χ0n) is 15.7. The van der Waals surface area contributed by atoms with Crippen LogP contribution in [0.2, 0.25) is 0 Å². The number of nitrogens with zero attached hydrogens (tertiary/aromatic N) is 1. The number of fused-ring (bicyclic) bond motifs is 2. The van der Waals surface area contributed by atoms with E-state index in [1.807, 2.05) is 0 Å². The predicted molar refractivity (Wildman–Crippen MR) is 94.7 cm³/mol. The van der Waals surface area contributed by atoms with Gasteiger partial charge in [0.15, 0.2) is 0 Å². The van der Waals surface area contributed by atoms with Crippen LogP contribution in [-0.4, -0.2) is 49.8 Å². The summed E-state index contributed by atoms with van der Waals surface area (Å²) in [5.74, 6) is 1.09. The van der Waals surface area contributed by atoms with Crippen LogP contribution < -0.4 is 0 Å². The molecule has 0 unspecified atom stereocenters. The summed E-state index contributed by atoms with van der Waals surface area (Å²) >= 11 is 0. The first kappa shape index (κ1) is 17.9. The molecule has 0 radical (unpaired) electrons. The third-order valence-corrected chi connectivity index (χ3v) is 6.79. The van der Waals surface area contributed by atoms with Crippen LogP contribution in [0.3, 0.4) is 0 Å². The van der Waals surface area contributed by atoms with Gasteiger partial charge in [0.1, 0.15) is 0 Å². The van der Waals surface area contributed by atoms with Crippen molar-refractivity contribution in [3.63, 3.8) is 0 Å². The topological polar surface area (TPSA) is 38.8 Å². The molecule has 0 N–H and O–H groups in total. The molecule has 2 heterocycles. The first-order chi connectivity index (χ1) is 11.4. The molecule has 0 amide bonds. The van der Waals surface area contributed by atoms with Crippen molar-refractivity contribution < 1.29 is 14.3 Å². The Labute approximate surface area is 146 Å². The lowest BCUT2D eigenvalue weighted by atomic mass is 9.56. The summed E-state index contributed by atoms with van der Waals surface area (Å²) in [5, 5.41) is 0. The van der Waals surface area contributed by atoms with E-state index in [-0.39, 0.29) is 17.5 Å². The molecule has 2 aliphatic heterocycles. The second-order valence-electron chi connectivity index (χ2n) is 8.24. The number of ether oxygens (including phenoxy) is 2. The van der Waals surface area contributed by atoms with Crippen LogP contribution in [0, 0.1) is 23.2 Å². The summed E-state index contributed by atoms with van der Waals surface area (Å²) < 4.78 is 11.9. The van der Waals surface area contributed by atoms with E-state index in [4.69, 9.17) is 9.47 Å². The highest BCUT2D eigenvalue weighted by atomic mass is 16.5. The standard InChI is InChI=1S/C20H33NO3/c1-14-10-15(2)20(12-23-17(4)22)13-24-18(19(14)16(20)3)11-21-8-6-5-7-9-21/h10,15-16,18-19H,5-9,11-13H2,1-4H3/t15-,16+,18+,19+,20-/m1/s1. The molecule has 0 aromatic rings. The van der Waals surface area contributed by atoms with Crippen molar-refractivity contribution >= 4 is 5.97 Å². The fourth-order valence-electron chi connectivity index (χ4n) is 5.19. The van der Waals surface area contributed by atoms with Gasteiger partial charge in [0.25, 0.3) is 0 Å². The number of rotatable bonds is 4. The highest BCUT2D eigenvalue weighted by Crippen LogP contribution is 2.52. The van der Waals surface area contributed by atoms with Crippen LogP contribution in [0.15, 0.2) is 11.6 Å². The van der Waals surface area contributed by atoms with Crippen LogP contribution in [0.25, 0.3) is 0 Å². The van der Waals surface area contributed by atoms with Crippen molar-refractivity contribution in [2.75, 3.05) is 32.8 Å². The first-order valence-electron chi connectivity index (χ1n) is 9.59. The van der Waals surface area contributed by atoms with Gasteiger partial charge in [-0.25, -0.2) is 0 Å². The fourth-order valence-corrected chi connectivity index (χ4v) is 5.19. The molecule has 4 heteroatoms. The van der Waals surface area contributed by atoms with E-state index in [1.165, 1.54) is 44.8 Å². The predicted octanol–water partition coefficient (Wildman–Crippen LogP) is 3.27. The second kappa shape index (κ2) is 7.17. The Bertz CT molecular complexity index is 497. The van der Waals surface area contributed by atoms with Gasteiger partial charge in [-0.15, -0.1) is 0 Å². The van der Waals surface area contributed by atoms with Crippen molar-refractivity contribution in [1.29, 1.82) is 0 Å². The SMILES string of the molecule is CC(=O)OC[C@@]12CO[C@@H](CN3CCCCC3)[C@@H](C(C)=C[C@H]1C)[C@@H]2C. The number of piperidine rings is 1. The van der Waals surface area contributed by atoms with Crippen molar-refractivity contribution in [2.45, 2.75) is 53.1 Å². The number of carbonyl (C=O) groups is 1. The van der Waals surface area contributed by atoms with E-state index in [0.29, 0.717) is 31.0 Å². The Morgan fingerprint density at radius 2 is 2.04 bits per heavy atom. The van der Waals surface area contributed by atoms with E-state index in [0.717, 1.165) is 6.54 Å². The molecule has 3 aliphatic rings. The van der Waals surface area contributed by atoms with Crippen LogP contribution in [0.1, 0.15) is 47.0 Å². The molecule has 2 fully saturated rings. The van der Waals surface area contributed by atoms with Gasteiger partial charge >= 0.3 is 5.97 Å². The maximum absolute atomic E-state index is 11.4. The van der Waals surface area contributed by atoms with E-state index in [9.17, 15) is 4.79 Å². The third-order valence-electron chi connectivity index (χ3n) is 6.79. The van der Waals surface area contributed by atoms with Crippen molar-refractivity contribution in [2.24, 2.45) is 23.2 Å². The Balaban J connectivity index is 1.77. The first-order valence-corrected chi connectivity index (χ1v) is 9.59. The normalized spacial score (nSPS) is 40.1. The third kappa shape index (κ3) is 3.28. The minimum Gasteiger partial charge on any atom is -0.465 e. The summed E-state index contributed by atoms with van der Waals surface area (Å²) in [6, 6.07) is 0. The van der Waals surface area contributed by atoms with Gasteiger partial charge in [0.05, 0.1) is 19.3 Å². The highest BCUT2D eigenvalue weighted by Gasteiger charge is 2.54. The number of hydrogen-bond acceptors (Lipinski definition) is 4. The average molecular weight is 335 g/mol. The smallest absolute Gasteiger partial charge is 0.302 e. The van der Waals surface area contributed by atoms with Crippen LogP contribution >= 0.6 is 0 Å². The lowest BCUT2D eigenvalue weighted by molar-refractivity contribution is -0.182. The lowest BCUT2D eigenvalue weighted by Gasteiger charge is -2.55. The molecule has 5 atom stereocenters. The van der Waals surface area contributed by atoms with E-state index in [1.54, 1.807) is 0 Å². The zero-order chi connectivity index (χ0) is 17.3. The Hall–Kier alpha value is -0.870. The number of allylic oxidation sites excluding steroid dienone is 1. The lowest BCUT2D eigenvalue weighted by Crippen LogP contribution is -2.58. The average Bonchev–Trinajstić information content (AvgIpc) is 2.54. The molecular formula is C20H33NO3. The van der Waals surface area contributed by atoms with Gasteiger partial charge in [0, 0.05) is 24.8 Å². The van der Waals surface area contributed by atoms with Crippen LogP contribution in [0.5, 0.6) is 0 Å². The molecule has 2 saturated heterocycles. The van der Waals surface area contributed by atoms with E-state index in [2.05, 4.69) is 31.7 Å². The van der Waals surface area contributed by atoms with E-state index >= 15 is 0 Å². The molecule has 136 valence electrons. The molecule has 0 aromatic carbocycles. The van der Waals surface area contributed by atoms with Gasteiger partial charge in [0.2, 0.25) is 0 Å². The van der Waals surface area contributed by atoms with Crippen molar-refractivity contribution in [1.82, 2.24) is 4.90 Å². The van der Waals surface area contributed by atoms with Crippen molar-refractivity contribution in [3.8, 4) is 0 Å². The minimum atomic E-state index is -0.193. The molecule has 4 nitrogen and oxygen atoms in total. The van der Waals surface area contributed by atoms with Gasteiger partial charge in [-0.1, -0.05) is 31.9 Å². The summed E-state index contributed by atoms with van der Waals surface area (Å²) in [5.41, 5.74) is 1.38. The largest absolute Gasteiger partial charge is 0.465 e. The Kier molecular flexibility index (Phi) is 5.36. The fraction of sp³-hybridized carbons (Fsp3) is 0.850. The zero-order valence-corrected chi connectivity index (χ0v) is 15.7. The van der Waals surface area contributed by atoms with Crippen LogP contribution in [0.4, 0.5) is 0 Å². The molecule has 2 bridgehead atoms. The molecule has 3 rings (SSSR count). The molecule has 0 spiro atoms. The summed E-state index contributed by atoms with van der Waals surface area (Å²) in [7, 11) is 0. The maximum atomic E-state index is 11.4. The molecular weight excluding hydrogens is 302 g/mol. The van der Waals surface area contributed by atoms with Crippen molar-refractivity contribution in [3.05, 3.63) is 11.6 Å². The molecule has 0 aromatic heterocycles. The highest BCUT2D eigenvalue weighted by molar-refractivity contribution is 5.65. The van der Waals surface area contributed by atoms with Gasteiger partial charge in [-0.2, -0.15) is 0 Å². The quantitative estimate of drug-likeness (QED) is 0.584. The van der Waals surface area contributed by atoms with Gasteiger partial charge in [-0.3, -0.25) is 4.79 Å². The van der Waals surface area contributed by atoms with E-state index < -0.39 is 0 Å². The Morgan fingerprint density at radius 3 is 2.71 bits per heavy atom. The molecule has 24 heavy (non-hydrogen) atoms. The van der Waals surface area contributed by atoms with Gasteiger partial charge < -0.3 is 14.4 Å². The summed E-state index contributed by atoms with van der Waals surface area (Å²) in [6.07, 6.45) is 6.67. The minimum absolute atomic E-state index is 0.0752. The van der Waals surface area contributed by atoms with Crippen LogP contribution in [-0.2, 0) is 14.3 Å². The number of esters is 1. The Morgan fingerprint density at radius 1 is 1.33 bits per heavy atom. The summed E-state index contributed by atoms with van der Waals surface area (Å²) in [6.45, 7) is 13.0. The molecule has 1 aliphatic carbocycles. The number of likely N-dealkylation sites (tertiary alicyclic amines) is 1. The number of hydrogen-bond donors (Lipinski definition) is 0. The molecule has 0 saturated carbocycles. The summed E-state index contributed by atoms with van der Waals surface area (Å²) in [4.78, 5) is 13.9. The monoisotopic (exact) mass is 335 g/mol. The maximum Gasteiger partial charge on any atom is 0.302 e. The second-order valence-corrected chi connectivity index (χ2v) is 8.24. The van der Waals surface area contributed by atoms with Gasteiger partial charge in [-0.05, 0) is 44.7 Å².